The number of likely N-dealkylation sites (tertiary alicyclic amines) is 1. The smallest absolute Gasteiger partial charge is 0.236 e. The highest BCUT2D eigenvalue weighted by Gasteiger charge is 2.32. The SMILES string of the molecule is CCN(C(=O)CN1CCC(OCCCN)CC1)C1CC1. The Bertz CT molecular complexity index is 299. The standard InChI is InChI=1S/C15H29N3O2/c1-2-18(13-4-5-13)15(19)12-17-9-6-14(7-10-17)20-11-3-8-16/h13-14H,2-12,16H2,1H3. The van der Waals surface area contributed by atoms with Gasteiger partial charge in [0.2, 0.25) is 5.91 Å². The third-order valence-electron chi connectivity index (χ3n) is 4.24. The van der Waals surface area contributed by atoms with Crippen molar-refractivity contribution < 1.29 is 9.53 Å². The first-order chi connectivity index (χ1) is 9.74. The minimum absolute atomic E-state index is 0.303. The zero-order valence-corrected chi connectivity index (χ0v) is 12.7. The summed E-state index contributed by atoms with van der Waals surface area (Å²) >= 11 is 0. The van der Waals surface area contributed by atoms with Crippen molar-refractivity contribution in [2.75, 3.05) is 39.3 Å². The van der Waals surface area contributed by atoms with E-state index in [4.69, 9.17) is 10.5 Å². The number of amides is 1. The van der Waals surface area contributed by atoms with Crippen molar-refractivity contribution >= 4 is 5.91 Å². The monoisotopic (exact) mass is 283 g/mol. The highest BCUT2D eigenvalue weighted by Crippen LogP contribution is 2.26. The zero-order valence-electron chi connectivity index (χ0n) is 12.7. The number of piperidine rings is 1. The van der Waals surface area contributed by atoms with E-state index in [0.29, 0.717) is 31.1 Å². The maximum absolute atomic E-state index is 12.3. The fraction of sp³-hybridized carbons (Fsp3) is 0.933. The van der Waals surface area contributed by atoms with Crippen LogP contribution in [0.1, 0.15) is 39.0 Å². The fourth-order valence-electron chi connectivity index (χ4n) is 2.87. The number of ether oxygens (including phenoxy) is 1. The average Bonchev–Trinajstić information content (AvgIpc) is 3.26. The zero-order chi connectivity index (χ0) is 14.4. The lowest BCUT2D eigenvalue weighted by Crippen LogP contribution is -2.45. The van der Waals surface area contributed by atoms with Gasteiger partial charge in [0.25, 0.3) is 0 Å². The first-order valence-electron chi connectivity index (χ1n) is 8.08. The molecule has 0 spiro atoms. The molecule has 0 bridgehead atoms. The van der Waals surface area contributed by atoms with E-state index in [2.05, 4.69) is 11.8 Å². The van der Waals surface area contributed by atoms with Crippen LogP contribution < -0.4 is 5.73 Å². The van der Waals surface area contributed by atoms with E-state index < -0.39 is 0 Å². The van der Waals surface area contributed by atoms with E-state index >= 15 is 0 Å². The molecular weight excluding hydrogens is 254 g/mol. The average molecular weight is 283 g/mol. The Morgan fingerprint density at radius 2 is 2.00 bits per heavy atom. The molecule has 0 aromatic heterocycles. The third kappa shape index (κ3) is 4.72. The van der Waals surface area contributed by atoms with Crippen molar-refractivity contribution in [2.45, 2.75) is 51.2 Å². The van der Waals surface area contributed by atoms with Gasteiger partial charge >= 0.3 is 0 Å². The molecule has 2 N–H and O–H groups in total. The van der Waals surface area contributed by atoms with Crippen LogP contribution in [0.15, 0.2) is 0 Å². The minimum Gasteiger partial charge on any atom is -0.378 e. The molecule has 0 atom stereocenters. The molecule has 1 saturated heterocycles. The van der Waals surface area contributed by atoms with Crippen LogP contribution in [0.4, 0.5) is 0 Å². The Kier molecular flexibility index (Phi) is 6.26. The summed E-state index contributed by atoms with van der Waals surface area (Å²) < 4.78 is 5.79. The topological polar surface area (TPSA) is 58.8 Å². The Hall–Kier alpha value is -0.650. The summed E-state index contributed by atoms with van der Waals surface area (Å²) in [5.74, 6) is 0.303. The van der Waals surface area contributed by atoms with Gasteiger partial charge in [-0.1, -0.05) is 0 Å². The van der Waals surface area contributed by atoms with Crippen LogP contribution in [0.2, 0.25) is 0 Å². The molecule has 1 heterocycles. The lowest BCUT2D eigenvalue weighted by Gasteiger charge is -2.33. The van der Waals surface area contributed by atoms with Crippen molar-refractivity contribution in [2.24, 2.45) is 5.73 Å². The number of carbonyl (C=O) groups excluding carboxylic acids is 1. The molecule has 5 nitrogen and oxygen atoms in total. The van der Waals surface area contributed by atoms with Crippen LogP contribution in [0.3, 0.4) is 0 Å². The van der Waals surface area contributed by atoms with Gasteiger partial charge in [-0.15, -0.1) is 0 Å². The summed E-state index contributed by atoms with van der Waals surface area (Å²) in [5.41, 5.74) is 5.46. The number of likely N-dealkylation sites (N-methyl/N-ethyl adjacent to an activating group) is 1. The molecule has 1 aliphatic heterocycles. The van der Waals surface area contributed by atoms with Crippen molar-refractivity contribution in [3.05, 3.63) is 0 Å². The summed E-state index contributed by atoms with van der Waals surface area (Å²) in [7, 11) is 0. The van der Waals surface area contributed by atoms with E-state index in [-0.39, 0.29) is 0 Å². The summed E-state index contributed by atoms with van der Waals surface area (Å²) in [6.45, 7) is 6.92. The quantitative estimate of drug-likeness (QED) is 0.670. The number of hydrogen-bond acceptors (Lipinski definition) is 4. The van der Waals surface area contributed by atoms with E-state index in [1.54, 1.807) is 0 Å². The number of nitrogens with two attached hydrogens (primary N) is 1. The van der Waals surface area contributed by atoms with Crippen LogP contribution >= 0.6 is 0 Å². The number of carbonyl (C=O) groups is 1. The summed E-state index contributed by atoms with van der Waals surface area (Å²) in [5, 5.41) is 0. The Labute approximate surface area is 122 Å². The summed E-state index contributed by atoms with van der Waals surface area (Å²) in [4.78, 5) is 16.6. The Balaban J connectivity index is 1.64. The molecule has 1 saturated carbocycles. The van der Waals surface area contributed by atoms with Gasteiger partial charge in [-0.25, -0.2) is 0 Å². The van der Waals surface area contributed by atoms with Crippen molar-refractivity contribution in [3.8, 4) is 0 Å². The second-order valence-electron chi connectivity index (χ2n) is 5.90. The van der Waals surface area contributed by atoms with Crippen LogP contribution in [-0.2, 0) is 9.53 Å². The molecule has 5 heteroatoms. The van der Waals surface area contributed by atoms with Gasteiger partial charge in [-0.2, -0.15) is 0 Å². The van der Waals surface area contributed by atoms with E-state index in [9.17, 15) is 4.79 Å². The van der Waals surface area contributed by atoms with Gasteiger partial charge in [0, 0.05) is 32.3 Å². The number of hydrogen-bond donors (Lipinski definition) is 1. The molecule has 2 fully saturated rings. The molecule has 20 heavy (non-hydrogen) atoms. The molecule has 0 aromatic carbocycles. The van der Waals surface area contributed by atoms with Crippen LogP contribution in [-0.4, -0.2) is 67.2 Å². The van der Waals surface area contributed by atoms with Gasteiger partial charge < -0.3 is 15.4 Å². The molecule has 1 amide bonds. The molecule has 0 radical (unpaired) electrons. The normalized spacial score (nSPS) is 21.1. The summed E-state index contributed by atoms with van der Waals surface area (Å²) in [6, 6.07) is 0.532. The molecule has 116 valence electrons. The van der Waals surface area contributed by atoms with Crippen LogP contribution in [0.5, 0.6) is 0 Å². The fourth-order valence-corrected chi connectivity index (χ4v) is 2.87. The van der Waals surface area contributed by atoms with Crippen LogP contribution in [0, 0.1) is 0 Å². The van der Waals surface area contributed by atoms with E-state index in [1.165, 1.54) is 12.8 Å². The van der Waals surface area contributed by atoms with Crippen molar-refractivity contribution in [3.63, 3.8) is 0 Å². The van der Waals surface area contributed by atoms with Gasteiger partial charge in [0.1, 0.15) is 0 Å². The van der Waals surface area contributed by atoms with Gasteiger partial charge in [-0.05, 0) is 45.6 Å². The van der Waals surface area contributed by atoms with E-state index in [1.807, 2.05) is 4.90 Å². The second-order valence-corrected chi connectivity index (χ2v) is 5.90. The number of rotatable bonds is 8. The van der Waals surface area contributed by atoms with Gasteiger partial charge in [0.05, 0.1) is 12.6 Å². The molecule has 0 aromatic rings. The third-order valence-corrected chi connectivity index (χ3v) is 4.24. The lowest BCUT2D eigenvalue weighted by atomic mass is 10.1. The predicted octanol–water partition coefficient (Wildman–Crippen LogP) is 0.827. The largest absolute Gasteiger partial charge is 0.378 e. The Morgan fingerprint density at radius 1 is 1.30 bits per heavy atom. The summed E-state index contributed by atoms with van der Waals surface area (Å²) in [6.07, 6.45) is 5.75. The van der Waals surface area contributed by atoms with Crippen molar-refractivity contribution in [1.82, 2.24) is 9.80 Å². The van der Waals surface area contributed by atoms with Crippen LogP contribution in [0.25, 0.3) is 0 Å². The Morgan fingerprint density at radius 3 is 2.55 bits per heavy atom. The number of nitrogens with zero attached hydrogens (tertiary/aromatic N) is 2. The maximum atomic E-state index is 12.3. The maximum Gasteiger partial charge on any atom is 0.236 e. The minimum atomic E-state index is 0.303. The molecule has 1 aliphatic carbocycles. The van der Waals surface area contributed by atoms with Gasteiger partial charge in [-0.3, -0.25) is 9.69 Å². The molecule has 2 aliphatic rings. The van der Waals surface area contributed by atoms with E-state index in [0.717, 1.165) is 45.5 Å². The molecule has 2 rings (SSSR count). The van der Waals surface area contributed by atoms with Crippen molar-refractivity contribution in [1.29, 1.82) is 0 Å². The molecular formula is C15H29N3O2. The predicted molar refractivity (Wildman–Crippen MR) is 79.5 cm³/mol. The highest BCUT2D eigenvalue weighted by atomic mass is 16.5. The highest BCUT2D eigenvalue weighted by molar-refractivity contribution is 5.78. The lowest BCUT2D eigenvalue weighted by molar-refractivity contribution is -0.133. The van der Waals surface area contributed by atoms with Gasteiger partial charge in [0.15, 0.2) is 0 Å². The first kappa shape index (κ1) is 15.7. The first-order valence-corrected chi connectivity index (χ1v) is 8.08. The second kappa shape index (κ2) is 7.96. The molecule has 0 unspecified atom stereocenters.